The van der Waals surface area contributed by atoms with Crippen LogP contribution in [0.4, 0.5) is 0 Å². The summed E-state index contributed by atoms with van der Waals surface area (Å²) in [5.74, 6) is -3.33. The van der Waals surface area contributed by atoms with Crippen LogP contribution < -0.4 is 21.7 Å². The van der Waals surface area contributed by atoms with Gasteiger partial charge in [0.15, 0.2) is 6.04 Å². The topological polar surface area (TPSA) is 200 Å². The lowest BCUT2D eigenvalue weighted by Crippen LogP contribution is -2.59. The maximum absolute atomic E-state index is 13.3. The number of hydrogen-bond donors (Lipinski definition) is 7. The first kappa shape index (κ1) is 29.5. The Morgan fingerprint density at radius 2 is 1.57 bits per heavy atom. The van der Waals surface area contributed by atoms with Crippen molar-refractivity contribution in [2.24, 2.45) is 11.7 Å². The molecular formula is C25H36N6O6. The third kappa shape index (κ3) is 9.66. The maximum Gasteiger partial charge on any atom is 0.328 e. The molecule has 202 valence electrons. The fraction of sp³-hybridized carbons (Fsp3) is 0.480. The highest BCUT2D eigenvalue weighted by Gasteiger charge is 2.32. The number of nitrogens with two attached hydrogens (primary N) is 1. The minimum Gasteiger partial charge on any atom is -0.480 e. The van der Waals surface area contributed by atoms with Crippen molar-refractivity contribution in [2.45, 2.75) is 70.3 Å². The molecule has 0 saturated carbocycles. The SMILES string of the molecule is CC(C)CC(NC(=O)C(N)Cc1cnc[nH]1)C(=O)NC(Cc1ccccc1)C(=O)NC(C(=O)O)C(C)O. The van der Waals surface area contributed by atoms with Crippen LogP contribution in [0.2, 0.25) is 0 Å². The minimum atomic E-state index is -1.56. The van der Waals surface area contributed by atoms with Gasteiger partial charge in [-0.05, 0) is 24.8 Å². The van der Waals surface area contributed by atoms with E-state index < -0.39 is 54.0 Å². The first-order valence-corrected chi connectivity index (χ1v) is 12.1. The standard InChI is InChI=1S/C25H36N6O6/c1-14(2)9-19(29-22(33)18(26)11-17-12-27-13-28-17)23(34)30-20(10-16-7-5-4-6-8-16)24(35)31-21(15(3)32)25(36)37/h4-8,12-15,18-21,32H,9-11,26H2,1-3H3,(H,27,28)(H,29,33)(H,30,34)(H,31,35)(H,36,37). The van der Waals surface area contributed by atoms with Crippen molar-refractivity contribution in [1.29, 1.82) is 0 Å². The van der Waals surface area contributed by atoms with E-state index in [4.69, 9.17) is 5.73 Å². The van der Waals surface area contributed by atoms with E-state index in [0.29, 0.717) is 5.69 Å². The molecule has 3 amide bonds. The minimum absolute atomic E-state index is 0.0212. The number of H-pyrrole nitrogens is 1. The molecule has 1 aromatic heterocycles. The molecule has 0 bridgehead atoms. The number of hydrogen-bond acceptors (Lipinski definition) is 7. The summed E-state index contributed by atoms with van der Waals surface area (Å²) >= 11 is 0. The van der Waals surface area contributed by atoms with Gasteiger partial charge in [0, 0.05) is 24.7 Å². The number of carbonyl (C=O) groups excluding carboxylic acids is 3. The number of rotatable bonds is 14. The Morgan fingerprint density at radius 1 is 0.946 bits per heavy atom. The van der Waals surface area contributed by atoms with Gasteiger partial charge in [-0.25, -0.2) is 9.78 Å². The Labute approximate surface area is 215 Å². The number of carboxylic acid groups (broad SMARTS) is 1. The van der Waals surface area contributed by atoms with Crippen LogP contribution in [0, 0.1) is 5.92 Å². The van der Waals surface area contributed by atoms with Crippen molar-refractivity contribution >= 4 is 23.7 Å². The van der Waals surface area contributed by atoms with Crippen LogP contribution in [0.15, 0.2) is 42.9 Å². The number of aromatic amines is 1. The molecular weight excluding hydrogens is 480 g/mol. The van der Waals surface area contributed by atoms with E-state index in [9.17, 15) is 29.4 Å². The molecule has 0 fully saturated rings. The Bertz CT molecular complexity index is 1030. The van der Waals surface area contributed by atoms with Crippen LogP contribution in [-0.4, -0.2) is 74.1 Å². The van der Waals surface area contributed by atoms with Crippen molar-refractivity contribution in [3.05, 3.63) is 54.1 Å². The fourth-order valence-electron chi connectivity index (χ4n) is 3.68. The molecule has 0 spiro atoms. The number of aliphatic hydroxyl groups excluding tert-OH is 1. The van der Waals surface area contributed by atoms with E-state index in [1.165, 1.54) is 13.3 Å². The molecule has 12 nitrogen and oxygen atoms in total. The highest BCUT2D eigenvalue weighted by Crippen LogP contribution is 2.09. The van der Waals surface area contributed by atoms with Gasteiger partial charge in [-0.1, -0.05) is 44.2 Å². The van der Waals surface area contributed by atoms with Gasteiger partial charge in [0.1, 0.15) is 12.1 Å². The second-order valence-electron chi connectivity index (χ2n) is 9.39. The van der Waals surface area contributed by atoms with Crippen LogP contribution in [0.3, 0.4) is 0 Å². The number of amides is 3. The third-order valence-corrected chi connectivity index (χ3v) is 5.63. The van der Waals surface area contributed by atoms with Crippen molar-refractivity contribution < 1.29 is 29.4 Å². The predicted molar refractivity (Wildman–Crippen MR) is 135 cm³/mol. The van der Waals surface area contributed by atoms with E-state index in [2.05, 4.69) is 25.9 Å². The van der Waals surface area contributed by atoms with E-state index in [1.807, 2.05) is 13.8 Å². The van der Waals surface area contributed by atoms with Crippen LogP contribution >= 0.6 is 0 Å². The number of aliphatic carboxylic acids is 1. The van der Waals surface area contributed by atoms with Gasteiger partial charge in [0.25, 0.3) is 0 Å². The van der Waals surface area contributed by atoms with Crippen molar-refractivity contribution in [1.82, 2.24) is 25.9 Å². The second-order valence-corrected chi connectivity index (χ2v) is 9.39. The quantitative estimate of drug-likeness (QED) is 0.174. The molecule has 0 aliphatic heterocycles. The number of imidazole rings is 1. The third-order valence-electron chi connectivity index (χ3n) is 5.63. The lowest BCUT2D eigenvalue weighted by molar-refractivity contribution is -0.145. The zero-order chi connectivity index (χ0) is 27.5. The molecule has 1 heterocycles. The van der Waals surface area contributed by atoms with Gasteiger partial charge in [-0.3, -0.25) is 14.4 Å². The number of aromatic nitrogens is 2. The lowest BCUT2D eigenvalue weighted by Gasteiger charge is -2.26. The van der Waals surface area contributed by atoms with Gasteiger partial charge in [0.2, 0.25) is 17.7 Å². The molecule has 12 heteroatoms. The van der Waals surface area contributed by atoms with E-state index in [-0.39, 0.29) is 25.2 Å². The van der Waals surface area contributed by atoms with Crippen LogP contribution in [0.25, 0.3) is 0 Å². The molecule has 5 atom stereocenters. The number of benzene rings is 1. The number of carboxylic acids is 1. The summed E-state index contributed by atoms with van der Waals surface area (Å²) in [5.41, 5.74) is 7.40. The number of carbonyl (C=O) groups is 4. The van der Waals surface area contributed by atoms with Gasteiger partial charge in [0.05, 0.1) is 18.5 Å². The Hall–Kier alpha value is -3.77. The second kappa shape index (κ2) is 14.1. The number of aliphatic hydroxyl groups is 1. The first-order chi connectivity index (χ1) is 17.5. The van der Waals surface area contributed by atoms with Crippen LogP contribution in [0.5, 0.6) is 0 Å². The molecule has 37 heavy (non-hydrogen) atoms. The predicted octanol–water partition coefficient (Wildman–Crippen LogP) is -0.512. The summed E-state index contributed by atoms with van der Waals surface area (Å²) in [4.78, 5) is 57.3. The molecule has 8 N–H and O–H groups in total. The monoisotopic (exact) mass is 516 g/mol. The normalized spacial score (nSPS) is 15.2. The van der Waals surface area contributed by atoms with E-state index in [0.717, 1.165) is 5.56 Å². The van der Waals surface area contributed by atoms with Gasteiger partial charge < -0.3 is 36.9 Å². The average molecular weight is 517 g/mol. The summed E-state index contributed by atoms with van der Waals surface area (Å²) in [7, 11) is 0. The number of nitrogens with one attached hydrogen (secondary N) is 4. The molecule has 2 rings (SSSR count). The molecule has 1 aromatic carbocycles. The lowest BCUT2D eigenvalue weighted by atomic mass is 10.00. The molecule has 2 aromatic rings. The summed E-state index contributed by atoms with van der Waals surface area (Å²) < 4.78 is 0. The maximum atomic E-state index is 13.3. The highest BCUT2D eigenvalue weighted by atomic mass is 16.4. The largest absolute Gasteiger partial charge is 0.480 e. The van der Waals surface area contributed by atoms with E-state index in [1.54, 1.807) is 36.5 Å². The Balaban J connectivity index is 2.19. The smallest absolute Gasteiger partial charge is 0.328 e. The molecule has 0 aliphatic rings. The fourth-order valence-corrected chi connectivity index (χ4v) is 3.68. The molecule has 5 unspecified atom stereocenters. The van der Waals surface area contributed by atoms with Gasteiger partial charge in [-0.15, -0.1) is 0 Å². The molecule has 0 radical (unpaired) electrons. The number of nitrogens with zero attached hydrogens (tertiary/aromatic N) is 1. The van der Waals surface area contributed by atoms with Crippen LogP contribution in [-0.2, 0) is 32.0 Å². The summed E-state index contributed by atoms with van der Waals surface area (Å²) in [6.45, 7) is 5.00. The van der Waals surface area contributed by atoms with Crippen molar-refractivity contribution in [2.75, 3.05) is 0 Å². The Morgan fingerprint density at radius 3 is 2.11 bits per heavy atom. The van der Waals surface area contributed by atoms with E-state index >= 15 is 0 Å². The highest BCUT2D eigenvalue weighted by molar-refractivity contribution is 5.94. The van der Waals surface area contributed by atoms with Crippen molar-refractivity contribution in [3.63, 3.8) is 0 Å². The molecule has 0 saturated heterocycles. The Kier molecular flexibility index (Phi) is 11.2. The van der Waals surface area contributed by atoms with Crippen molar-refractivity contribution in [3.8, 4) is 0 Å². The zero-order valence-corrected chi connectivity index (χ0v) is 21.2. The van der Waals surface area contributed by atoms with Crippen LogP contribution in [0.1, 0.15) is 38.4 Å². The molecule has 0 aliphatic carbocycles. The summed E-state index contributed by atoms with van der Waals surface area (Å²) in [5, 5.41) is 26.7. The van der Waals surface area contributed by atoms with Gasteiger partial charge in [-0.2, -0.15) is 0 Å². The zero-order valence-electron chi connectivity index (χ0n) is 21.2. The van der Waals surface area contributed by atoms with Gasteiger partial charge >= 0.3 is 5.97 Å². The first-order valence-electron chi connectivity index (χ1n) is 12.1. The summed E-state index contributed by atoms with van der Waals surface area (Å²) in [6.07, 6.45) is 2.19. The summed E-state index contributed by atoms with van der Waals surface area (Å²) in [6, 6.07) is 4.21. The average Bonchev–Trinajstić information content (AvgIpc) is 3.34.